The van der Waals surface area contributed by atoms with Gasteiger partial charge in [-0.1, -0.05) is 30.3 Å². The third-order valence-electron chi connectivity index (χ3n) is 3.55. The Morgan fingerprint density at radius 2 is 1.96 bits per heavy atom. The van der Waals surface area contributed by atoms with Gasteiger partial charge < -0.3 is 9.64 Å². The van der Waals surface area contributed by atoms with Crippen molar-refractivity contribution in [3.63, 3.8) is 0 Å². The Morgan fingerprint density at radius 1 is 1.30 bits per heavy atom. The summed E-state index contributed by atoms with van der Waals surface area (Å²) in [6, 6.07) is 9.53. The largest absolute Gasteiger partial charge is 0.444 e. The van der Waals surface area contributed by atoms with Crippen molar-refractivity contribution in [3.05, 3.63) is 35.9 Å². The van der Waals surface area contributed by atoms with Crippen LogP contribution in [0.25, 0.3) is 0 Å². The number of hydrogen-bond acceptors (Lipinski definition) is 3. The standard InChI is InChI=1S/C17H23ClN2O3/c1-17(2,3)23-16(22)20-12-15(21)19(11-14(20)9-18)10-13-7-5-4-6-8-13/h4-8,14H,9-12H2,1-3H3. The molecule has 0 spiro atoms. The van der Waals surface area contributed by atoms with Crippen LogP contribution in [0.15, 0.2) is 30.3 Å². The molecule has 0 radical (unpaired) electrons. The van der Waals surface area contributed by atoms with E-state index < -0.39 is 11.7 Å². The van der Waals surface area contributed by atoms with Gasteiger partial charge >= 0.3 is 6.09 Å². The summed E-state index contributed by atoms with van der Waals surface area (Å²) in [6.45, 7) is 6.33. The fourth-order valence-electron chi connectivity index (χ4n) is 2.45. The number of rotatable bonds is 3. The Kier molecular flexibility index (Phi) is 5.52. The van der Waals surface area contributed by atoms with E-state index >= 15 is 0 Å². The van der Waals surface area contributed by atoms with Crippen LogP contribution in [0.5, 0.6) is 0 Å². The maximum absolute atomic E-state index is 12.4. The Balaban J connectivity index is 2.05. The van der Waals surface area contributed by atoms with Crippen molar-refractivity contribution < 1.29 is 14.3 Å². The van der Waals surface area contributed by atoms with Gasteiger partial charge in [0.1, 0.15) is 12.1 Å². The molecule has 0 N–H and O–H groups in total. The zero-order valence-electron chi connectivity index (χ0n) is 13.8. The van der Waals surface area contributed by atoms with Crippen molar-refractivity contribution in [1.29, 1.82) is 0 Å². The number of benzene rings is 1. The molecule has 1 atom stereocenters. The van der Waals surface area contributed by atoms with E-state index in [0.717, 1.165) is 5.56 Å². The number of halogens is 1. The van der Waals surface area contributed by atoms with Crippen molar-refractivity contribution in [2.45, 2.75) is 39.0 Å². The van der Waals surface area contributed by atoms with E-state index in [1.54, 1.807) is 25.7 Å². The molecule has 1 aromatic rings. The highest BCUT2D eigenvalue weighted by Crippen LogP contribution is 2.19. The van der Waals surface area contributed by atoms with Crippen LogP contribution in [0.4, 0.5) is 4.79 Å². The number of nitrogens with zero attached hydrogens (tertiary/aromatic N) is 2. The number of alkyl halides is 1. The minimum absolute atomic E-state index is 0.000860. The third kappa shape index (κ3) is 4.86. The maximum Gasteiger partial charge on any atom is 0.411 e. The van der Waals surface area contributed by atoms with E-state index in [0.29, 0.717) is 13.1 Å². The monoisotopic (exact) mass is 338 g/mol. The SMILES string of the molecule is CC(C)(C)OC(=O)N1CC(=O)N(Cc2ccccc2)CC1CCl. The van der Waals surface area contributed by atoms with E-state index in [1.807, 2.05) is 30.3 Å². The minimum atomic E-state index is -0.599. The molecular formula is C17H23ClN2O3. The second-order valence-electron chi connectivity index (χ2n) is 6.68. The Morgan fingerprint density at radius 3 is 2.52 bits per heavy atom. The molecule has 5 nitrogen and oxygen atoms in total. The van der Waals surface area contributed by atoms with Gasteiger partial charge in [-0.05, 0) is 26.3 Å². The lowest BCUT2D eigenvalue weighted by molar-refractivity contribution is -0.138. The van der Waals surface area contributed by atoms with Gasteiger partial charge in [-0.15, -0.1) is 11.6 Å². The molecule has 6 heteroatoms. The van der Waals surface area contributed by atoms with Gasteiger partial charge in [-0.3, -0.25) is 9.69 Å². The van der Waals surface area contributed by atoms with Crippen LogP contribution in [0.3, 0.4) is 0 Å². The first kappa shape index (κ1) is 17.6. The Labute approximate surface area is 142 Å². The molecule has 0 aliphatic carbocycles. The quantitative estimate of drug-likeness (QED) is 0.796. The molecule has 1 heterocycles. The molecule has 1 aliphatic rings. The molecule has 0 aromatic heterocycles. The summed E-state index contributed by atoms with van der Waals surface area (Å²) in [7, 11) is 0. The molecular weight excluding hydrogens is 316 g/mol. The lowest BCUT2D eigenvalue weighted by Crippen LogP contribution is -2.59. The highest BCUT2D eigenvalue weighted by Gasteiger charge is 2.36. The zero-order chi connectivity index (χ0) is 17.0. The van der Waals surface area contributed by atoms with Crippen LogP contribution in [0.1, 0.15) is 26.3 Å². The summed E-state index contributed by atoms with van der Waals surface area (Å²) in [4.78, 5) is 27.8. The fourth-order valence-corrected chi connectivity index (χ4v) is 2.72. The molecule has 2 rings (SSSR count). The summed E-state index contributed by atoms with van der Waals surface area (Å²) in [5.74, 6) is 0.165. The topological polar surface area (TPSA) is 49.9 Å². The van der Waals surface area contributed by atoms with Crippen molar-refractivity contribution in [2.75, 3.05) is 19.0 Å². The van der Waals surface area contributed by atoms with Crippen LogP contribution in [-0.2, 0) is 16.1 Å². The first-order chi connectivity index (χ1) is 10.8. The number of amides is 2. The lowest BCUT2D eigenvalue weighted by atomic mass is 10.1. The second kappa shape index (κ2) is 7.21. The van der Waals surface area contributed by atoms with Crippen LogP contribution >= 0.6 is 11.6 Å². The summed E-state index contributed by atoms with van der Waals surface area (Å²) in [5.41, 5.74) is 0.456. The van der Waals surface area contributed by atoms with E-state index in [2.05, 4.69) is 0 Å². The molecule has 0 saturated carbocycles. The number of carbonyl (C=O) groups excluding carboxylic acids is 2. The highest BCUT2D eigenvalue weighted by atomic mass is 35.5. The molecule has 23 heavy (non-hydrogen) atoms. The number of hydrogen-bond donors (Lipinski definition) is 0. The van der Waals surface area contributed by atoms with Gasteiger partial charge in [0.25, 0.3) is 0 Å². The van der Waals surface area contributed by atoms with Gasteiger partial charge in [0.2, 0.25) is 5.91 Å². The van der Waals surface area contributed by atoms with Gasteiger partial charge in [0.15, 0.2) is 0 Å². The van der Waals surface area contributed by atoms with Crippen LogP contribution in [0, 0.1) is 0 Å². The maximum atomic E-state index is 12.4. The van der Waals surface area contributed by atoms with E-state index in [9.17, 15) is 9.59 Å². The first-order valence-electron chi connectivity index (χ1n) is 7.67. The Bertz CT molecular complexity index is 557. The van der Waals surface area contributed by atoms with Crippen LogP contribution in [0.2, 0.25) is 0 Å². The summed E-state index contributed by atoms with van der Waals surface area (Å²) >= 11 is 6.02. The van der Waals surface area contributed by atoms with Gasteiger partial charge in [0.05, 0.1) is 6.04 Å². The minimum Gasteiger partial charge on any atom is -0.444 e. The smallest absolute Gasteiger partial charge is 0.411 e. The molecule has 1 unspecified atom stereocenters. The molecule has 1 aromatic carbocycles. The zero-order valence-corrected chi connectivity index (χ0v) is 14.5. The third-order valence-corrected chi connectivity index (χ3v) is 3.91. The Hall–Kier alpha value is -1.75. The number of piperazine rings is 1. The normalized spacial score (nSPS) is 19.0. The predicted molar refractivity (Wildman–Crippen MR) is 89.3 cm³/mol. The van der Waals surface area contributed by atoms with Crippen LogP contribution in [-0.4, -0.2) is 52.4 Å². The van der Waals surface area contributed by atoms with Crippen molar-refractivity contribution in [3.8, 4) is 0 Å². The van der Waals surface area contributed by atoms with Crippen molar-refractivity contribution >= 4 is 23.6 Å². The second-order valence-corrected chi connectivity index (χ2v) is 6.98. The molecule has 126 valence electrons. The highest BCUT2D eigenvalue weighted by molar-refractivity contribution is 6.18. The number of ether oxygens (including phenoxy) is 1. The van der Waals surface area contributed by atoms with Crippen molar-refractivity contribution in [2.24, 2.45) is 0 Å². The molecule has 1 saturated heterocycles. The lowest BCUT2D eigenvalue weighted by Gasteiger charge is -2.40. The van der Waals surface area contributed by atoms with E-state index in [-0.39, 0.29) is 24.4 Å². The molecule has 0 bridgehead atoms. The van der Waals surface area contributed by atoms with Gasteiger partial charge in [-0.2, -0.15) is 0 Å². The van der Waals surface area contributed by atoms with Crippen LogP contribution < -0.4 is 0 Å². The van der Waals surface area contributed by atoms with Gasteiger partial charge in [-0.25, -0.2) is 4.79 Å². The van der Waals surface area contributed by atoms with E-state index in [1.165, 1.54) is 4.90 Å². The van der Waals surface area contributed by atoms with Crippen molar-refractivity contribution in [1.82, 2.24) is 9.80 Å². The average Bonchev–Trinajstić information content (AvgIpc) is 2.48. The summed E-state index contributed by atoms with van der Waals surface area (Å²) < 4.78 is 5.37. The predicted octanol–water partition coefficient (Wildman–Crippen LogP) is 2.87. The molecule has 1 aliphatic heterocycles. The molecule has 1 fully saturated rings. The fraction of sp³-hybridized carbons (Fsp3) is 0.529. The summed E-state index contributed by atoms with van der Waals surface area (Å²) in [5, 5.41) is 0. The molecule has 2 amide bonds. The number of carbonyl (C=O) groups is 2. The van der Waals surface area contributed by atoms with Gasteiger partial charge in [0, 0.05) is 19.0 Å². The van der Waals surface area contributed by atoms with E-state index in [4.69, 9.17) is 16.3 Å². The average molecular weight is 339 g/mol. The summed E-state index contributed by atoms with van der Waals surface area (Å²) in [6.07, 6.45) is -0.490. The first-order valence-corrected chi connectivity index (χ1v) is 8.21.